The molecular weight excluding hydrogens is 468 g/mol. The third-order valence-electron chi connectivity index (χ3n) is 5.66. The van der Waals surface area contributed by atoms with Gasteiger partial charge in [-0.3, -0.25) is 0 Å². The third-order valence-corrected chi connectivity index (χ3v) is 6.47. The molecule has 5 rings (SSSR count). The summed E-state index contributed by atoms with van der Waals surface area (Å²) in [4.78, 5) is 0. The van der Waals surface area contributed by atoms with Crippen molar-refractivity contribution in [3.05, 3.63) is 70.5 Å². The van der Waals surface area contributed by atoms with Crippen LogP contribution in [0.5, 0.6) is 5.75 Å². The normalized spacial score (nSPS) is 11.4. The van der Waals surface area contributed by atoms with Crippen molar-refractivity contribution in [1.82, 2.24) is 20.6 Å². The lowest BCUT2D eigenvalue weighted by Gasteiger charge is -2.10. The summed E-state index contributed by atoms with van der Waals surface area (Å²) >= 11 is 3.70. The van der Waals surface area contributed by atoms with Crippen LogP contribution in [0, 0.1) is 0 Å². The van der Waals surface area contributed by atoms with Gasteiger partial charge in [0.25, 0.3) is 0 Å². The molecule has 0 aliphatic rings. The average molecular weight is 491 g/mol. The predicted octanol–water partition coefficient (Wildman–Crippen LogP) is 6.84. The van der Waals surface area contributed by atoms with Crippen LogP contribution in [-0.2, 0) is 13.0 Å². The van der Waals surface area contributed by atoms with E-state index >= 15 is 0 Å². The first-order valence-corrected chi connectivity index (χ1v) is 11.6. The number of nitrogens with zero attached hydrogens (tertiary/aromatic N) is 3. The molecule has 0 aliphatic carbocycles. The number of hydrogen-bond acceptors (Lipinski definition) is 5. The summed E-state index contributed by atoms with van der Waals surface area (Å²) in [6.07, 6.45) is 4.60. The second-order valence-electron chi connectivity index (χ2n) is 7.79. The first kappa shape index (κ1) is 20.7. The molecule has 2 aromatic heterocycles. The topological polar surface area (TPSA) is 76.8 Å². The Balaban J connectivity index is 1.50. The van der Waals surface area contributed by atoms with E-state index in [9.17, 15) is 0 Å². The van der Waals surface area contributed by atoms with Crippen molar-refractivity contribution < 1.29 is 9.15 Å². The Morgan fingerprint density at radius 3 is 2.78 bits per heavy atom. The maximum atomic E-state index is 6.34. The summed E-state index contributed by atoms with van der Waals surface area (Å²) in [5.41, 5.74) is 3.33. The van der Waals surface area contributed by atoms with Crippen LogP contribution in [0.4, 0.5) is 0 Å². The molecule has 0 saturated carbocycles. The predicted molar refractivity (Wildman–Crippen MR) is 129 cm³/mol. The van der Waals surface area contributed by atoms with Crippen molar-refractivity contribution in [1.29, 1.82) is 0 Å². The van der Waals surface area contributed by atoms with Gasteiger partial charge in [-0.25, -0.2) is 0 Å². The van der Waals surface area contributed by atoms with E-state index in [0.29, 0.717) is 5.82 Å². The van der Waals surface area contributed by atoms with Gasteiger partial charge in [0.2, 0.25) is 5.82 Å². The van der Waals surface area contributed by atoms with Crippen molar-refractivity contribution in [3.63, 3.8) is 0 Å². The molecule has 162 valence electrons. The summed E-state index contributed by atoms with van der Waals surface area (Å²) in [6.45, 7) is 2.48. The van der Waals surface area contributed by atoms with Gasteiger partial charge in [0, 0.05) is 16.5 Å². The quantitative estimate of drug-likeness (QED) is 0.241. The lowest BCUT2D eigenvalue weighted by Crippen LogP contribution is -1.98. The number of nitrogens with one attached hydrogen (secondary N) is 1. The Morgan fingerprint density at radius 2 is 1.94 bits per heavy atom. The van der Waals surface area contributed by atoms with Crippen LogP contribution < -0.4 is 4.74 Å². The number of H-pyrrole nitrogens is 1. The van der Waals surface area contributed by atoms with Crippen LogP contribution in [0.25, 0.3) is 33.1 Å². The maximum absolute atomic E-state index is 6.34. The van der Waals surface area contributed by atoms with Crippen LogP contribution >= 0.6 is 15.9 Å². The number of tetrazole rings is 1. The highest BCUT2D eigenvalue weighted by Gasteiger charge is 2.17. The minimum absolute atomic E-state index is 0.249. The summed E-state index contributed by atoms with van der Waals surface area (Å²) in [7, 11) is 0. The molecule has 1 N–H and O–H groups in total. The van der Waals surface area contributed by atoms with Gasteiger partial charge in [-0.1, -0.05) is 61.4 Å². The van der Waals surface area contributed by atoms with E-state index in [1.807, 2.05) is 18.2 Å². The van der Waals surface area contributed by atoms with Crippen molar-refractivity contribution in [2.45, 2.75) is 39.2 Å². The number of hydrogen-bond donors (Lipinski definition) is 1. The standard InChI is InChI=1S/C25H23BrN4O2/c1-2-3-4-8-20-19-7-5-6-9-21(19)32-25(20)17-10-12-18-16(14-17)11-13-22(24(18)26)31-15-23-27-29-30-28-23/h5-7,9-14H,2-4,8,15H2,1H3,(H,27,28,29,30). The Kier molecular flexibility index (Phi) is 5.90. The van der Waals surface area contributed by atoms with Crippen molar-refractivity contribution in [2.75, 3.05) is 0 Å². The molecule has 0 atom stereocenters. The molecule has 0 fully saturated rings. The largest absolute Gasteiger partial charge is 0.484 e. The monoisotopic (exact) mass is 490 g/mol. The highest BCUT2D eigenvalue weighted by molar-refractivity contribution is 9.10. The van der Waals surface area contributed by atoms with Crippen LogP contribution in [0.15, 0.2) is 63.5 Å². The fourth-order valence-electron chi connectivity index (χ4n) is 4.04. The zero-order chi connectivity index (χ0) is 21.9. The number of rotatable bonds is 8. The minimum Gasteiger partial charge on any atom is -0.484 e. The molecule has 0 amide bonds. The molecule has 0 saturated heterocycles. The Morgan fingerprint density at radius 1 is 1.03 bits per heavy atom. The Hall–Kier alpha value is -3.19. The molecule has 0 aliphatic heterocycles. The molecule has 0 bridgehead atoms. The first-order valence-electron chi connectivity index (χ1n) is 10.8. The van der Waals surface area contributed by atoms with Gasteiger partial charge in [0.15, 0.2) is 6.61 Å². The van der Waals surface area contributed by atoms with E-state index < -0.39 is 0 Å². The zero-order valence-electron chi connectivity index (χ0n) is 17.8. The molecule has 0 spiro atoms. The summed E-state index contributed by atoms with van der Waals surface area (Å²) in [5, 5.41) is 17.2. The number of ether oxygens (including phenoxy) is 1. The van der Waals surface area contributed by atoms with E-state index in [2.05, 4.69) is 79.9 Å². The number of aryl methyl sites for hydroxylation is 1. The van der Waals surface area contributed by atoms with Crippen LogP contribution in [0.2, 0.25) is 0 Å². The van der Waals surface area contributed by atoms with Gasteiger partial charge in [-0.2, -0.15) is 5.21 Å². The van der Waals surface area contributed by atoms with Gasteiger partial charge in [0.1, 0.15) is 17.1 Å². The molecule has 0 unspecified atom stereocenters. The Bertz CT molecular complexity index is 1360. The van der Waals surface area contributed by atoms with Crippen LogP contribution in [0.1, 0.15) is 37.6 Å². The highest BCUT2D eigenvalue weighted by Crippen LogP contribution is 2.39. The van der Waals surface area contributed by atoms with Crippen molar-refractivity contribution >= 4 is 37.7 Å². The van der Waals surface area contributed by atoms with Gasteiger partial charge in [0.05, 0.1) is 4.47 Å². The Labute approximate surface area is 194 Å². The number of unbranched alkanes of at least 4 members (excludes halogenated alkanes) is 2. The molecule has 2 heterocycles. The lowest BCUT2D eigenvalue weighted by molar-refractivity contribution is 0.294. The highest BCUT2D eigenvalue weighted by atomic mass is 79.9. The molecular formula is C25H23BrN4O2. The fourth-order valence-corrected chi connectivity index (χ4v) is 4.65. The van der Waals surface area contributed by atoms with Crippen molar-refractivity contribution in [3.8, 4) is 17.1 Å². The summed E-state index contributed by atoms with van der Waals surface area (Å²) in [5.74, 6) is 2.21. The van der Waals surface area contributed by atoms with E-state index in [0.717, 1.165) is 50.7 Å². The van der Waals surface area contributed by atoms with Crippen LogP contribution in [-0.4, -0.2) is 20.6 Å². The van der Waals surface area contributed by atoms with Crippen LogP contribution in [0.3, 0.4) is 0 Å². The second-order valence-corrected chi connectivity index (χ2v) is 8.59. The lowest BCUT2D eigenvalue weighted by atomic mass is 9.98. The number of halogens is 1. The first-order chi connectivity index (χ1) is 15.7. The molecule has 5 aromatic rings. The number of aromatic nitrogens is 4. The number of para-hydroxylation sites is 1. The summed E-state index contributed by atoms with van der Waals surface area (Å²) in [6, 6.07) is 18.8. The number of fused-ring (bicyclic) bond motifs is 2. The van der Waals surface area contributed by atoms with E-state index in [1.165, 1.54) is 23.8 Å². The average Bonchev–Trinajstić information content (AvgIpc) is 3.47. The van der Waals surface area contributed by atoms with Gasteiger partial charge in [-0.05, 0) is 57.7 Å². The van der Waals surface area contributed by atoms with Gasteiger partial charge >= 0.3 is 0 Å². The molecule has 32 heavy (non-hydrogen) atoms. The summed E-state index contributed by atoms with van der Waals surface area (Å²) < 4.78 is 13.1. The van der Waals surface area contributed by atoms with E-state index in [1.54, 1.807) is 0 Å². The third kappa shape index (κ3) is 4.00. The number of furan rings is 1. The molecule has 6 nitrogen and oxygen atoms in total. The van der Waals surface area contributed by atoms with E-state index in [4.69, 9.17) is 9.15 Å². The number of benzene rings is 3. The van der Waals surface area contributed by atoms with Gasteiger partial charge in [-0.15, -0.1) is 10.2 Å². The molecule has 3 aromatic carbocycles. The molecule has 0 radical (unpaired) electrons. The maximum Gasteiger partial charge on any atom is 0.211 e. The molecule has 7 heteroatoms. The SMILES string of the molecule is CCCCCc1c(-c2ccc3c(Br)c(OCc4nn[nH]n4)ccc3c2)oc2ccccc12. The smallest absolute Gasteiger partial charge is 0.211 e. The second kappa shape index (κ2) is 9.12. The van der Waals surface area contributed by atoms with E-state index in [-0.39, 0.29) is 6.61 Å². The zero-order valence-corrected chi connectivity index (χ0v) is 19.4. The van der Waals surface area contributed by atoms with Gasteiger partial charge < -0.3 is 9.15 Å². The fraction of sp³-hybridized carbons (Fsp3) is 0.240. The minimum atomic E-state index is 0.249. The van der Waals surface area contributed by atoms with Crippen molar-refractivity contribution in [2.24, 2.45) is 0 Å². The number of aromatic amines is 1.